The van der Waals surface area contributed by atoms with Crippen LogP contribution in [0.25, 0.3) is 0 Å². The van der Waals surface area contributed by atoms with E-state index in [0.717, 1.165) is 6.42 Å². The van der Waals surface area contributed by atoms with Crippen molar-refractivity contribution < 1.29 is 8.42 Å². The lowest BCUT2D eigenvalue weighted by Crippen LogP contribution is -2.38. The Morgan fingerprint density at radius 1 is 1.40 bits per heavy atom. The number of hydrogen-bond acceptors (Lipinski definition) is 3. The molecular weight excluding hydrogens is 292 g/mol. The Morgan fingerprint density at radius 2 is 2.00 bits per heavy atom. The zero-order chi connectivity index (χ0) is 15.5. The number of nitrogens with zero attached hydrogens (tertiary/aromatic N) is 1. The molecular formula is C14H22N2O2S2. The molecule has 0 saturated carbocycles. The van der Waals surface area contributed by atoms with Crippen LogP contribution in [0.2, 0.25) is 0 Å². The standard InChI is InChI=1S/C14H22N2O2S2/c1-5-11(4)16(6-2)20(17,18)13-9-12(14(15)19)8-7-10(13)3/h7-9,11H,5-6H2,1-4H3,(H2,15,19). The zero-order valence-electron chi connectivity index (χ0n) is 12.4. The SMILES string of the molecule is CCC(C)N(CC)S(=O)(=O)c1cc(C(N)=S)ccc1C. The molecule has 0 saturated heterocycles. The number of thiocarbonyl (C=S) groups is 1. The second-order valence-corrected chi connectivity index (χ2v) is 7.11. The van der Waals surface area contributed by atoms with Crippen molar-refractivity contribution in [3.05, 3.63) is 29.3 Å². The van der Waals surface area contributed by atoms with E-state index in [-0.39, 0.29) is 15.9 Å². The van der Waals surface area contributed by atoms with Gasteiger partial charge in [0.25, 0.3) is 0 Å². The van der Waals surface area contributed by atoms with Crippen LogP contribution < -0.4 is 5.73 Å². The number of rotatable bonds is 6. The van der Waals surface area contributed by atoms with Crippen LogP contribution in [0.4, 0.5) is 0 Å². The van der Waals surface area contributed by atoms with Crippen molar-refractivity contribution >= 4 is 27.2 Å². The first-order chi connectivity index (χ1) is 9.25. The van der Waals surface area contributed by atoms with E-state index in [1.807, 2.05) is 20.8 Å². The molecule has 20 heavy (non-hydrogen) atoms. The predicted molar refractivity (Wildman–Crippen MR) is 86.4 cm³/mol. The van der Waals surface area contributed by atoms with E-state index in [2.05, 4.69) is 0 Å². The van der Waals surface area contributed by atoms with Gasteiger partial charge in [-0.3, -0.25) is 0 Å². The molecule has 0 aliphatic heterocycles. The van der Waals surface area contributed by atoms with Crippen molar-refractivity contribution in [1.82, 2.24) is 4.31 Å². The molecule has 112 valence electrons. The number of sulfonamides is 1. The first-order valence-electron chi connectivity index (χ1n) is 6.68. The summed E-state index contributed by atoms with van der Waals surface area (Å²) >= 11 is 4.93. The Morgan fingerprint density at radius 3 is 2.45 bits per heavy atom. The maximum Gasteiger partial charge on any atom is 0.243 e. The largest absolute Gasteiger partial charge is 0.389 e. The Balaban J connectivity index is 3.40. The Bertz CT molecular complexity index is 597. The van der Waals surface area contributed by atoms with E-state index in [1.54, 1.807) is 25.1 Å². The van der Waals surface area contributed by atoms with Crippen molar-refractivity contribution in [3.63, 3.8) is 0 Å². The minimum atomic E-state index is -3.53. The number of nitrogens with two attached hydrogens (primary N) is 1. The maximum absolute atomic E-state index is 12.8. The van der Waals surface area contributed by atoms with Crippen LogP contribution in [0.3, 0.4) is 0 Å². The van der Waals surface area contributed by atoms with Crippen molar-refractivity contribution in [2.45, 2.75) is 45.1 Å². The van der Waals surface area contributed by atoms with Crippen LogP contribution in [0.1, 0.15) is 38.3 Å². The Labute approximate surface area is 127 Å². The summed E-state index contributed by atoms with van der Waals surface area (Å²) in [4.78, 5) is 0.484. The smallest absolute Gasteiger partial charge is 0.243 e. The van der Waals surface area contributed by atoms with Gasteiger partial charge in [-0.2, -0.15) is 4.31 Å². The van der Waals surface area contributed by atoms with Gasteiger partial charge in [-0.25, -0.2) is 8.42 Å². The highest BCUT2D eigenvalue weighted by molar-refractivity contribution is 7.89. The van der Waals surface area contributed by atoms with Gasteiger partial charge in [-0.15, -0.1) is 0 Å². The summed E-state index contributed by atoms with van der Waals surface area (Å²) < 4.78 is 27.1. The van der Waals surface area contributed by atoms with Gasteiger partial charge in [0.05, 0.1) is 4.90 Å². The zero-order valence-corrected chi connectivity index (χ0v) is 14.0. The molecule has 2 N–H and O–H groups in total. The fraction of sp³-hybridized carbons (Fsp3) is 0.500. The van der Waals surface area contributed by atoms with Crippen LogP contribution in [0.5, 0.6) is 0 Å². The van der Waals surface area contributed by atoms with Gasteiger partial charge in [-0.05, 0) is 31.9 Å². The van der Waals surface area contributed by atoms with E-state index in [9.17, 15) is 8.42 Å². The minimum absolute atomic E-state index is 0.0436. The summed E-state index contributed by atoms with van der Waals surface area (Å²) in [5.74, 6) is 0. The summed E-state index contributed by atoms with van der Waals surface area (Å²) in [6.07, 6.45) is 0.765. The van der Waals surface area contributed by atoms with E-state index < -0.39 is 10.0 Å². The molecule has 1 atom stereocenters. The molecule has 0 fully saturated rings. The van der Waals surface area contributed by atoms with Crippen LogP contribution in [0.15, 0.2) is 23.1 Å². The van der Waals surface area contributed by atoms with Gasteiger partial charge in [-0.1, -0.05) is 38.2 Å². The average molecular weight is 314 g/mol. The van der Waals surface area contributed by atoms with Gasteiger partial charge >= 0.3 is 0 Å². The fourth-order valence-electron chi connectivity index (χ4n) is 2.08. The molecule has 1 unspecified atom stereocenters. The van der Waals surface area contributed by atoms with Crippen molar-refractivity contribution in [2.75, 3.05) is 6.54 Å². The van der Waals surface area contributed by atoms with Crippen LogP contribution in [-0.4, -0.2) is 30.3 Å². The van der Waals surface area contributed by atoms with E-state index in [1.165, 1.54) is 4.31 Å². The fourth-order valence-corrected chi connectivity index (χ4v) is 4.17. The lowest BCUT2D eigenvalue weighted by atomic mass is 10.1. The van der Waals surface area contributed by atoms with E-state index >= 15 is 0 Å². The lowest BCUT2D eigenvalue weighted by molar-refractivity contribution is 0.342. The quantitative estimate of drug-likeness (QED) is 0.819. The maximum atomic E-state index is 12.8. The third-order valence-corrected chi connectivity index (χ3v) is 5.92. The first kappa shape index (κ1) is 17.1. The molecule has 4 nitrogen and oxygen atoms in total. The molecule has 0 aliphatic rings. The summed E-state index contributed by atoms with van der Waals surface area (Å²) in [5, 5.41) is 0. The minimum Gasteiger partial charge on any atom is -0.389 e. The molecule has 0 aromatic heterocycles. The highest BCUT2D eigenvalue weighted by atomic mass is 32.2. The second-order valence-electron chi connectivity index (χ2n) is 4.81. The lowest BCUT2D eigenvalue weighted by Gasteiger charge is -2.27. The van der Waals surface area contributed by atoms with Crippen LogP contribution in [-0.2, 0) is 10.0 Å². The highest BCUT2D eigenvalue weighted by Crippen LogP contribution is 2.23. The van der Waals surface area contributed by atoms with Crippen molar-refractivity contribution in [2.24, 2.45) is 5.73 Å². The summed E-state index contributed by atoms with van der Waals surface area (Å²) in [6, 6.07) is 5.01. The molecule has 0 aliphatic carbocycles. The van der Waals surface area contributed by atoms with Gasteiger partial charge in [0.2, 0.25) is 10.0 Å². The summed E-state index contributed by atoms with van der Waals surface area (Å²) in [7, 11) is -3.53. The molecule has 6 heteroatoms. The van der Waals surface area contributed by atoms with Gasteiger partial charge < -0.3 is 5.73 Å². The molecule has 0 radical (unpaired) electrons. The van der Waals surface area contributed by atoms with Gasteiger partial charge in [0.15, 0.2) is 0 Å². The van der Waals surface area contributed by atoms with Gasteiger partial charge in [0, 0.05) is 18.2 Å². The number of hydrogen-bond donors (Lipinski definition) is 1. The number of aryl methyl sites for hydroxylation is 1. The number of benzene rings is 1. The van der Waals surface area contributed by atoms with E-state index in [4.69, 9.17) is 18.0 Å². The average Bonchev–Trinajstić information content (AvgIpc) is 2.38. The monoisotopic (exact) mass is 314 g/mol. The van der Waals surface area contributed by atoms with Crippen LogP contribution in [0, 0.1) is 6.92 Å². The molecule has 1 aromatic carbocycles. The van der Waals surface area contributed by atoms with Crippen molar-refractivity contribution in [3.8, 4) is 0 Å². The predicted octanol–water partition coefficient (Wildman–Crippen LogP) is 2.44. The first-order valence-corrected chi connectivity index (χ1v) is 8.52. The molecule has 0 amide bonds. The van der Waals surface area contributed by atoms with Crippen molar-refractivity contribution in [1.29, 1.82) is 0 Å². The highest BCUT2D eigenvalue weighted by Gasteiger charge is 2.28. The van der Waals surface area contributed by atoms with Gasteiger partial charge in [0.1, 0.15) is 4.99 Å². The Kier molecular flexibility index (Phi) is 5.68. The molecule has 1 aromatic rings. The summed E-state index contributed by atoms with van der Waals surface area (Å²) in [5.41, 5.74) is 6.87. The summed E-state index contributed by atoms with van der Waals surface area (Å²) in [6.45, 7) is 7.94. The topological polar surface area (TPSA) is 63.4 Å². The third kappa shape index (κ3) is 3.37. The Hall–Kier alpha value is -0.980. The third-order valence-electron chi connectivity index (χ3n) is 3.45. The molecule has 0 spiro atoms. The molecule has 0 bridgehead atoms. The van der Waals surface area contributed by atoms with E-state index in [0.29, 0.717) is 17.7 Å². The second kappa shape index (κ2) is 6.65. The van der Waals surface area contributed by atoms with Crippen LogP contribution >= 0.6 is 12.2 Å². The molecule has 0 heterocycles. The molecule has 1 rings (SSSR count). The normalized spacial score (nSPS) is 13.4.